The van der Waals surface area contributed by atoms with E-state index in [1.807, 2.05) is 30.5 Å². The quantitative estimate of drug-likeness (QED) is 0.883. The Morgan fingerprint density at radius 1 is 0.950 bits per heavy atom. The summed E-state index contributed by atoms with van der Waals surface area (Å²) in [5.41, 5.74) is 6.50. The highest BCUT2D eigenvalue weighted by molar-refractivity contribution is 5.41. The van der Waals surface area contributed by atoms with Crippen molar-refractivity contribution in [1.82, 2.24) is 15.0 Å². The van der Waals surface area contributed by atoms with Gasteiger partial charge in [0.05, 0.1) is 5.69 Å². The molecule has 2 N–H and O–H groups in total. The van der Waals surface area contributed by atoms with E-state index in [2.05, 4.69) is 24.8 Å². The van der Waals surface area contributed by atoms with Crippen molar-refractivity contribution in [2.45, 2.75) is 6.54 Å². The minimum Gasteiger partial charge on any atom is -0.353 e. The summed E-state index contributed by atoms with van der Waals surface area (Å²) < 4.78 is 0. The normalized spacial score (nSPS) is 15.4. The van der Waals surface area contributed by atoms with Gasteiger partial charge in [0.2, 0.25) is 5.95 Å². The number of nitrogens with two attached hydrogens (primary N) is 1. The first-order valence-electron chi connectivity index (χ1n) is 6.80. The Bertz CT molecular complexity index is 551. The van der Waals surface area contributed by atoms with Crippen LogP contribution in [0, 0.1) is 0 Å². The van der Waals surface area contributed by atoms with Crippen LogP contribution in [0.3, 0.4) is 0 Å². The number of anilines is 2. The van der Waals surface area contributed by atoms with Crippen molar-refractivity contribution >= 4 is 11.8 Å². The van der Waals surface area contributed by atoms with E-state index in [0.717, 1.165) is 43.6 Å². The SMILES string of the molecule is NCc1ccnc(N2CCN(c3ccccn3)CC2)n1. The summed E-state index contributed by atoms with van der Waals surface area (Å²) in [6, 6.07) is 7.85. The fraction of sp³-hybridized carbons (Fsp3) is 0.357. The van der Waals surface area contributed by atoms with Gasteiger partial charge in [0, 0.05) is 45.1 Å². The largest absolute Gasteiger partial charge is 0.353 e. The third-order valence-corrected chi connectivity index (χ3v) is 3.45. The van der Waals surface area contributed by atoms with Crippen molar-refractivity contribution in [3.8, 4) is 0 Å². The van der Waals surface area contributed by atoms with Gasteiger partial charge < -0.3 is 15.5 Å². The molecule has 3 rings (SSSR count). The minimum atomic E-state index is 0.448. The second-order valence-electron chi connectivity index (χ2n) is 4.71. The van der Waals surface area contributed by atoms with Crippen LogP contribution in [0.2, 0.25) is 0 Å². The molecular weight excluding hydrogens is 252 g/mol. The van der Waals surface area contributed by atoms with Crippen LogP contribution in [0.15, 0.2) is 36.7 Å². The van der Waals surface area contributed by atoms with E-state index in [4.69, 9.17) is 5.73 Å². The van der Waals surface area contributed by atoms with Crippen LogP contribution in [-0.4, -0.2) is 41.1 Å². The Kier molecular flexibility index (Phi) is 3.73. The van der Waals surface area contributed by atoms with Crippen molar-refractivity contribution < 1.29 is 0 Å². The lowest BCUT2D eigenvalue weighted by molar-refractivity contribution is 0.633. The van der Waals surface area contributed by atoms with Crippen LogP contribution in [0.1, 0.15) is 5.69 Å². The Labute approximate surface area is 118 Å². The van der Waals surface area contributed by atoms with E-state index in [0.29, 0.717) is 6.54 Å². The molecule has 0 atom stereocenters. The molecule has 0 aliphatic carbocycles. The summed E-state index contributed by atoms with van der Waals surface area (Å²) in [5.74, 6) is 1.80. The van der Waals surface area contributed by atoms with Crippen LogP contribution in [0.4, 0.5) is 11.8 Å². The zero-order valence-corrected chi connectivity index (χ0v) is 11.3. The summed E-state index contributed by atoms with van der Waals surface area (Å²) >= 11 is 0. The third-order valence-electron chi connectivity index (χ3n) is 3.45. The fourth-order valence-electron chi connectivity index (χ4n) is 2.33. The van der Waals surface area contributed by atoms with Crippen molar-refractivity contribution in [1.29, 1.82) is 0 Å². The van der Waals surface area contributed by atoms with E-state index < -0.39 is 0 Å². The van der Waals surface area contributed by atoms with E-state index in [1.54, 1.807) is 6.20 Å². The van der Waals surface area contributed by atoms with Gasteiger partial charge in [-0.1, -0.05) is 6.07 Å². The average Bonchev–Trinajstić information content (AvgIpc) is 2.56. The molecule has 3 heterocycles. The first-order chi connectivity index (χ1) is 9.86. The molecule has 6 nitrogen and oxygen atoms in total. The summed E-state index contributed by atoms with van der Waals surface area (Å²) in [6.45, 7) is 4.08. The van der Waals surface area contributed by atoms with Gasteiger partial charge in [-0.3, -0.25) is 0 Å². The summed E-state index contributed by atoms with van der Waals surface area (Å²) in [7, 11) is 0. The molecule has 0 bridgehead atoms. The monoisotopic (exact) mass is 270 g/mol. The lowest BCUT2D eigenvalue weighted by Gasteiger charge is -2.35. The summed E-state index contributed by atoms with van der Waals surface area (Å²) in [5, 5.41) is 0. The summed E-state index contributed by atoms with van der Waals surface area (Å²) in [4.78, 5) is 17.7. The van der Waals surface area contributed by atoms with Gasteiger partial charge in [-0.2, -0.15) is 0 Å². The lowest BCUT2D eigenvalue weighted by Crippen LogP contribution is -2.47. The number of hydrogen-bond donors (Lipinski definition) is 1. The number of pyridine rings is 1. The van der Waals surface area contributed by atoms with Crippen LogP contribution >= 0.6 is 0 Å². The van der Waals surface area contributed by atoms with Crippen LogP contribution in [0.5, 0.6) is 0 Å². The molecule has 1 aliphatic heterocycles. The number of aromatic nitrogens is 3. The Morgan fingerprint density at radius 2 is 1.75 bits per heavy atom. The molecule has 0 spiro atoms. The zero-order valence-electron chi connectivity index (χ0n) is 11.3. The molecule has 1 fully saturated rings. The highest BCUT2D eigenvalue weighted by atomic mass is 15.3. The average molecular weight is 270 g/mol. The topological polar surface area (TPSA) is 71.2 Å². The molecule has 2 aromatic heterocycles. The van der Waals surface area contributed by atoms with Gasteiger partial charge in [0.25, 0.3) is 0 Å². The highest BCUT2D eigenvalue weighted by Gasteiger charge is 2.19. The Balaban J connectivity index is 1.66. The predicted octanol–water partition coefficient (Wildman–Crippen LogP) is 0.657. The molecule has 0 unspecified atom stereocenters. The smallest absolute Gasteiger partial charge is 0.225 e. The van der Waals surface area contributed by atoms with Crippen molar-refractivity contribution in [2.24, 2.45) is 5.73 Å². The molecule has 0 saturated carbocycles. The molecule has 20 heavy (non-hydrogen) atoms. The van der Waals surface area contributed by atoms with Crippen LogP contribution in [-0.2, 0) is 6.54 Å². The fourth-order valence-corrected chi connectivity index (χ4v) is 2.33. The van der Waals surface area contributed by atoms with Gasteiger partial charge in [-0.05, 0) is 18.2 Å². The Morgan fingerprint density at radius 3 is 2.45 bits per heavy atom. The number of rotatable bonds is 3. The number of piperazine rings is 1. The maximum absolute atomic E-state index is 5.62. The maximum atomic E-state index is 5.62. The molecule has 1 saturated heterocycles. The van der Waals surface area contributed by atoms with E-state index in [-0.39, 0.29) is 0 Å². The van der Waals surface area contributed by atoms with Crippen LogP contribution in [0.25, 0.3) is 0 Å². The van der Waals surface area contributed by atoms with E-state index >= 15 is 0 Å². The zero-order chi connectivity index (χ0) is 13.8. The van der Waals surface area contributed by atoms with E-state index in [1.165, 1.54) is 0 Å². The van der Waals surface area contributed by atoms with Crippen molar-refractivity contribution in [3.63, 3.8) is 0 Å². The standard InChI is InChI=1S/C14H18N6/c15-11-12-4-6-17-14(18-12)20-9-7-19(8-10-20)13-3-1-2-5-16-13/h1-6H,7-11,15H2. The van der Waals surface area contributed by atoms with Gasteiger partial charge in [-0.25, -0.2) is 15.0 Å². The summed E-state index contributed by atoms with van der Waals surface area (Å²) in [6.07, 6.45) is 3.60. The molecule has 0 aromatic carbocycles. The van der Waals surface area contributed by atoms with E-state index in [9.17, 15) is 0 Å². The van der Waals surface area contributed by atoms with Gasteiger partial charge in [0.15, 0.2) is 0 Å². The second-order valence-corrected chi connectivity index (χ2v) is 4.71. The molecule has 0 amide bonds. The molecule has 6 heteroatoms. The van der Waals surface area contributed by atoms with Gasteiger partial charge in [0.1, 0.15) is 5.82 Å². The van der Waals surface area contributed by atoms with Gasteiger partial charge >= 0.3 is 0 Å². The van der Waals surface area contributed by atoms with Crippen LogP contribution < -0.4 is 15.5 Å². The van der Waals surface area contributed by atoms with Gasteiger partial charge in [-0.15, -0.1) is 0 Å². The Hall–Kier alpha value is -2.21. The molecular formula is C14H18N6. The first-order valence-corrected chi connectivity index (χ1v) is 6.80. The van der Waals surface area contributed by atoms with Crippen molar-refractivity contribution in [3.05, 3.63) is 42.4 Å². The second kappa shape index (κ2) is 5.83. The molecule has 1 aliphatic rings. The highest BCUT2D eigenvalue weighted by Crippen LogP contribution is 2.15. The predicted molar refractivity (Wildman–Crippen MR) is 78.6 cm³/mol. The third kappa shape index (κ3) is 2.70. The lowest BCUT2D eigenvalue weighted by atomic mass is 10.3. The first kappa shape index (κ1) is 12.8. The van der Waals surface area contributed by atoms with Crippen molar-refractivity contribution in [2.75, 3.05) is 36.0 Å². The maximum Gasteiger partial charge on any atom is 0.225 e. The number of hydrogen-bond acceptors (Lipinski definition) is 6. The molecule has 104 valence electrons. The molecule has 2 aromatic rings. The number of nitrogens with zero attached hydrogens (tertiary/aromatic N) is 5. The molecule has 0 radical (unpaired) electrons. The minimum absolute atomic E-state index is 0.448.